The van der Waals surface area contributed by atoms with Crippen LogP contribution in [0.2, 0.25) is 0 Å². The van der Waals surface area contributed by atoms with Crippen LogP contribution in [-0.2, 0) is 0 Å². The van der Waals surface area contributed by atoms with Crippen molar-refractivity contribution in [1.29, 1.82) is 0 Å². The Morgan fingerprint density at radius 1 is 0.288 bits per heavy atom. The molecule has 0 radical (unpaired) electrons. The second kappa shape index (κ2) is 14.8. The molecule has 0 aliphatic rings. The van der Waals surface area contributed by atoms with Gasteiger partial charge in [-0.25, -0.2) is 15.0 Å². The van der Waals surface area contributed by atoms with Crippen LogP contribution < -0.4 is 0 Å². The SMILES string of the molecule is c1ccc(-c2ccc(-c3nc(-c4ccc5cc(-c6ccccc6)ccc5c4)nc(-c4cccc5sc6c(-c7cccc(-c8ccccc8)c7)cccc6c45)n3)cc2)cc1. The fourth-order valence-electron chi connectivity index (χ4n) is 8.15. The van der Waals surface area contributed by atoms with Crippen LogP contribution in [0, 0.1) is 0 Å². The van der Waals surface area contributed by atoms with E-state index in [1.54, 1.807) is 0 Å². The number of rotatable bonds is 7. The van der Waals surface area contributed by atoms with Crippen molar-refractivity contribution >= 4 is 42.3 Å². The Morgan fingerprint density at radius 2 is 0.746 bits per heavy atom. The Bertz CT molecular complexity index is 3300. The quantitative estimate of drug-likeness (QED) is 0.162. The fourth-order valence-corrected chi connectivity index (χ4v) is 9.41. The summed E-state index contributed by atoms with van der Waals surface area (Å²) in [5, 5.41) is 4.65. The van der Waals surface area contributed by atoms with Crippen LogP contribution in [0.25, 0.3) is 110 Å². The molecule has 2 heterocycles. The van der Waals surface area contributed by atoms with Crippen LogP contribution in [0.5, 0.6) is 0 Å². The van der Waals surface area contributed by atoms with Crippen molar-refractivity contribution in [2.24, 2.45) is 0 Å². The van der Waals surface area contributed by atoms with Gasteiger partial charge in [0.25, 0.3) is 0 Å². The van der Waals surface area contributed by atoms with Gasteiger partial charge in [0, 0.05) is 36.9 Å². The number of benzene rings is 9. The average Bonchev–Trinajstić information content (AvgIpc) is 3.71. The first-order valence-corrected chi connectivity index (χ1v) is 20.7. The summed E-state index contributed by atoms with van der Waals surface area (Å²) in [6.07, 6.45) is 0. The maximum Gasteiger partial charge on any atom is 0.164 e. The van der Waals surface area contributed by atoms with Gasteiger partial charge in [0.1, 0.15) is 0 Å². The van der Waals surface area contributed by atoms with Crippen molar-refractivity contribution in [3.05, 3.63) is 212 Å². The molecule has 11 aromatic rings. The molecule has 4 heteroatoms. The van der Waals surface area contributed by atoms with Crippen molar-refractivity contribution in [1.82, 2.24) is 15.0 Å². The van der Waals surface area contributed by atoms with Gasteiger partial charge in [-0.1, -0.05) is 188 Å². The molecule has 0 unspecified atom stereocenters. The summed E-state index contributed by atoms with van der Waals surface area (Å²) in [6, 6.07) is 75.2. The highest BCUT2D eigenvalue weighted by atomic mass is 32.1. The Hall–Kier alpha value is -7.53. The Morgan fingerprint density at radius 3 is 1.44 bits per heavy atom. The molecule has 276 valence electrons. The van der Waals surface area contributed by atoms with E-state index in [9.17, 15) is 0 Å². The number of aromatic nitrogens is 3. The molecule has 3 nitrogen and oxygen atoms in total. The van der Waals surface area contributed by atoms with Crippen LogP contribution in [0.15, 0.2) is 212 Å². The molecule has 0 saturated heterocycles. The number of fused-ring (bicyclic) bond motifs is 4. The van der Waals surface area contributed by atoms with E-state index in [4.69, 9.17) is 15.0 Å². The first-order valence-electron chi connectivity index (χ1n) is 19.8. The molecule has 0 aliphatic heterocycles. The largest absolute Gasteiger partial charge is 0.208 e. The van der Waals surface area contributed by atoms with Crippen LogP contribution in [-0.4, -0.2) is 15.0 Å². The Balaban J connectivity index is 1.06. The molecule has 0 fully saturated rings. The monoisotopic (exact) mass is 769 g/mol. The molecule has 0 atom stereocenters. The second-order valence-electron chi connectivity index (χ2n) is 14.8. The fraction of sp³-hybridized carbons (Fsp3) is 0. The van der Waals surface area contributed by atoms with Gasteiger partial charge < -0.3 is 0 Å². The molecule has 0 saturated carbocycles. The molecule has 0 amide bonds. The lowest BCUT2D eigenvalue weighted by Gasteiger charge is -2.11. The predicted molar refractivity (Wildman–Crippen MR) is 248 cm³/mol. The summed E-state index contributed by atoms with van der Waals surface area (Å²) in [7, 11) is 0. The Labute approximate surface area is 346 Å². The third-order valence-corrected chi connectivity index (χ3v) is 12.3. The van der Waals surface area contributed by atoms with E-state index in [1.807, 2.05) is 17.4 Å². The van der Waals surface area contributed by atoms with Crippen molar-refractivity contribution in [2.75, 3.05) is 0 Å². The molecule has 0 bridgehead atoms. The van der Waals surface area contributed by atoms with Gasteiger partial charge in [0.05, 0.1) is 0 Å². The summed E-state index contributed by atoms with van der Waals surface area (Å²) in [5.74, 6) is 1.93. The summed E-state index contributed by atoms with van der Waals surface area (Å²) < 4.78 is 2.44. The van der Waals surface area contributed by atoms with Gasteiger partial charge in [-0.2, -0.15) is 0 Å². The molecular formula is C55H35N3S. The zero-order valence-electron chi connectivity index (χ0n) is 32.0. The number of hydrogen-bond acceptors (Lipinski definition) is 4. The van der Waals surface area contributed by atoms with Crippen molar-refractivity contribution < 1.29 is 0 Å². The maximum absolute atomic E-state index is 5.28. The van der Waals surface area contributed by atoms with Crippen molar-refractivity contribution in [3.63, 3.8) is 0 Å². The van der Waals surface area contributed by atoms with E-state index in [-0.39, 0.29) is 0 Å². The van der Waals surface area contributed by atoms with Crippen LogP contribution in [0.4, 0.5) is 0 Å². The van der Waals surface area contributed by atoms with Gasteiger partial charge >= 0.3 is 0 Å². The van der Waals surface area contributed by atoms with Crippen LogP contribution in [0.1, 0.15) is 0 Å². The van der Waals surface area contributed by atoms with Gasteiger partial charge in [0.15, 0.2) is 17.5 Å². The second-order valence-corrected chi connectivity index (χ2v) is 15.9. The topological polar surface area (TPSA) is 38.7 Å². The average molecular weight is 770 g/mol. The highest BCUT2D eigenvalue weighted by Crippen LogP contribution is 2.44. The van der Waals surface area contributed by atoms with Crippen molar-refractivity contribution in [3.8, 4) is 78.7 Å². The van der Waals surface area contributed by atoms with Gasteiger partial charge in [-0.15, -0.1) is 11.3 Å². The normalized spacial score (nSPS) is 11.4. The first-order chi connectivity index (χ1) is 29.2. The standard InChI is InChI=1S/C55H35N3S/c1-4-13-36(14-5-1)39-25-27-40(28-26-39)53-56-54(46-32-31-43-33-42(29-30-44(43)35-46)38-17-8-3-9-18-38)58-55(57-53)49-23-12-24-50-51(49)48-22-11-21-47(52(48)59-50)45-20-10-19-41(34-45)37-15-6-2-7-16-37/h1-35H. The van der Waals surface area contributed by atoms with E-state index in [2.05, 4.69) is 206 Å². The highest BCUT2D eigenvalue weighted by Gasteiger charge is 2.19. The number of thiophene rings is 1. The highest BCUT2D eigenvalue weighted by molar-refractivity contribution is 7.26. The molecule has 0 spiro atoms. The van der Waals surface area contributed by atoms with Gasteiger partial charge in [0.2, 0.25) is 0 Å². The van der Waals surface area contributed by atoms with Crippen molar-refractivity contribution in [2.45, 2.75) is 0 Å². The van der Waals surface area contributed by atoms with E-state index in [1.165, 1.54) is 59.1 Å². The van der Waals surface area contributed by atoms with Gasteiger partial charge in [-0.05, 0) is 79.5 Å². The summed E-state index contributed by atoms with van der Waals surface area (Å²) >= 11 is 1.82. The first kappa shape index (κ1) is 34.7. The minimum atomic E-state index is 0.638. The molecule has 0 aliphatic carbocycles. The zero-order chi connectivity index (χ0) is 39.1. The number of nitrogens with zero attached hydrogens (tertiary/aromatic N) is 3. The summed E-state index contributed by atoms with van der Waals surface area (Å²) in [6.45, 7) is 0. The minimum absolute atomic E-state index is 0.638. The van der Waals surface area contributed by atoms with Crippen LogP contribution in [0.3, 0.4) is 0 Å². The Kier molecular flexibility index (Phi) is 8.68. The molecule has 11 rings (SSSR count). The van der Waals surface area contributed by atoms with E-state index in [0.29, 0.717) is 17.5 Å². The molecular weight excluding hydrogens is 735 g/mol. The minimum Gasteiger partial charge on any atom is -0.208 e. The molecule has 9 aromatic carbocycles. The molecule has 2 aromatic heterocycles. The van der Waals surface area contributed by atoms with E-state index < -0.39 is 0 Å². The summed E-state index contributed by atoms with van der Waals surface area (Å²) in [4.78, 5) is 15.7. The third-order valence-electron chi connectivity index (χ3n) is 11.1. The smallest absolute Gasteiger partial charge is 0.164 e. The predicted octanol–water partition coefficient (Wildman–Crippen LogP) is 15.1. The van der Waals surface area contributed by atoms with Gasteiger partial charge in [-0.3, -0.25) is 0 Å². The van der Waals surface area contributed by atoms with E-state index >= 15 is 0 Å². The number of hydrogen-bond donors (Lipinski definition) is 0. The molecule has 0 N–H and O–H groups in total. The lowest BCUT2D eigenvalue weighted by atomic mass is 9.97. The zero-order valence-corrected chi connectivity index (χ0v) is 32.8. The van der Waals surface area contributed by atoms with Crippen LogP contribution >= 0.6 is 11.3 Å². The maximum atomic E-state index is 5.28. The van der Waals surface area contributed by atoms with E-state index in [0.717, 1.165) is 33.0 Å². The summed E-state index contributed by atoms with van der Waals surface area (Å²) in [5.41, 5.74) is 12.4. The lowest BCUT2D eigenvalue weighted by Crippen LogP contribution is -2.00. The third kappa shape index (κ3) is 6.56. The molecule has 59 heavy (non-hydrogen) atoms. The lowest BCUT2D eigenvalue weighted by molar-refractivity contribution is 1.08.